The van der Waals surface area contributed by atoms with Crippen LogP contribution in [0.2, 0.25) is 0 Å². The molecule has 0 saturated carbocycles. The molecule has 1 unspecified atom stereocenters. The number of aliphatic carboxylic acids is 1. The van der Waals surface area contributed by atoms with Crippen LogP contribution in [0.25, 0.3) is 0 Å². The van der Waals surface area contributed by atoms with E-state index in [-0.39, 0.29) is 28.8 Å². The van der Waals surface area contributed by atoms with Gasteiger partial charge < -0.3 is 5.11 Å². The molecule has 0 spiro atoms. The zero-order valence-corrected chi connectivity index (χ0v) is 12.9. The first-order valence-corrected chi connectivity index (χ1v) is 8.28. The predicted octanol–water partition coefficient (Wildman–Crippen LogP) is 0.0407. The van der Waals surface area contributed by atoms with E-state index >= 15 is 0 Å². The largest absolute Gasteiger partial charge is 0.477 e. The first kappa shape index (κ1) is 14.9. The van der Waals surface area contributed by atoms with Crippen molar-refractivity contribution in [1.82, 2.24) is 25.1 Å². The Morgan fingerprint density at radius 1 is 1.64 bits per heavy atom. The highest BCUT2D eigenvalue weighted by Crippen LogP contribution is 2.41. The zero-order chi connectivity index (χ0) is 15.7. The molecule has 114 valence electrons. The second kappa shape index (κ2) is 6.02. The molecular formula is C12H11N5O3S2. The molecule has 1 saturated heterocycles. The fourth-order valence-electron chi connectivity index (χ4n) is 2.19. The summed E-state index contributed by atoms with van der Waals surface area (Å²) in [5, 5.41) is 21.0. The van der Waals surface area contributed by atoms with Crippen molar-refractivity contribution in [3.8, 4) is 12.3 Å². The van der Waals surface area contributed by atoms with Crippen molar-refractivity contribution in [1.29, 1.82) is 0 Å². The van der Waals surface area contributed by atoms with Crippen LogP contribution in [0.5, 0.6) is 0 Å². The van der Waals surface area contributed by atoms with E-state index in [9.17, 15) is 14.7 Å². The predicted molar refractivity (Wildman–Crippen MR) is 79.7 cm³/mol. The molecule has 0 bridgehead atoms. The number of terminal acetylenes is 1. The first-order chi connectivity index (χ1) is 10.6. The Labute approximate surface area is 134 Å². The minimum atomic E-state index is -1.08. The number of carboxylic acid groups (broad SMARTS) is 1. The smallest absolute Gasteiger partial charge is 0.352 e. The zero-order valence-electron chi connectivity index (χ0n) is 11.2. The SMILES string of the molecule is C#CCn1nnnc1SCC1C=C(C(=O)O)N2C(=O)C[C@H]2S1. The van der Waals surface area contributed by atoms with Gasteiger partial charge in [0.25, 0.3) is 0 Å². The lowest BCUT2D eigenvalue weighted by atomic mass is 10.1. The van der Waals surface area contributed by atoms with Gasteiger partial charge in [0.15, 0.2) is 0 Å². The molecule has 1 N–H and O–H groups in total. The Kier molecular flexibility index (Phi) is 4.08. The monoisotopic (exact) mass is 337 g/mol. The highest BCUT2D eigenvalue weighted by atomic mass is 32.2. The Morgan fingerprint density at radius 2 is 2.45 bits per heavy atom. The van der Waals surface area contributed by atoms with Crippen molar-refractivity contribution in [3.63, 3.8) is 0 Å². The molecule has 2 aliphatic heterocycles. The van der Waals surface area contributed by atoms with Gasteiger partial charge in [-0.3, -0.25) is 9.69 Å². The number of fused-ring (bicyclic) bond motifs is 1. The molecule has 22 heavy (non-hydrogen) atoms. The molecule has 3 heterocycles. The van der Waals surface area contributed by atoms with E-state index in [1.54, 1.807) is 17.8 Å². The third-order valence-electron chi connectivity index (χ3n) is 3.18. The Bertz CT molecular complexity index is 695. The van der Waals surface area contributed by atoms with Gasteiger partial charge in [-0.25, -0.2) is 9.48 Å². The van der Waals surface area contributed by atoms with E-state index in [1.807, 2.05) is 0 Å². The van der Waals surface area contributed by atoms with E-state index in [4.69, 9.17) is 6.42 Å². The summed E-state index contributed by atoms with van der Waals surface area (Å²) in [7, 11) is 0. The molecule has 10 heteroatoms. The van der Waals surface area contributed by atoms with Crippen LogP contribution < -0.4 is 0 Å². The van der Waals surface area contributed by atoms with Gasteiger partial charge in [-0.1, -0.05) is 17.7 Å². The van der Waals surface area contributed by atoms with Crippen molar-refractivity contribution < 1.29 is 14.7 Å². The van der Waals surface area contributed by atoms with Crippen molar-refractivity contribution in [3.05, 3.63) is 11.8 Å². The molecule has 2 atom stereocenters. The van der Waals surface area contributed by atoms with Crippen LogP contribution >= 0.6 is 23.5 Å². The maximum Gasteiger partial charge on any atom is 0.352 e. The minimum Gasteiger partial charge on any atom is -0.477 e. The van der Waals surface area contributed by atoms with Gasteiger partial charge in [-0.15, -0.1) is 23.3 Å². The summed E-state index contributed by atoms with van der Waals surface area (Å²) in [4.78, 5) is 24.1. The Hall–Kier alpha value is -1.99. The van der Waals surface area contributed by atoms with Crippen LogP contribution in [0.3, 0.4) is 0 Å². The second-order valence-corrected chi connectivity index (χ2v) is 7.00. The number of β-lactam (4-membered cyclic amide) rings is 1. The molecule has 1 amide bonds. The summed E-state index contributed by atoms with van der Waals surface area (Å²) in [5.41, 5.74) is 0.0637. The molecule has 0 aliphatic carbocycles. The van der Waals surface area contributed by atoms with Gasteiger partial charge in [0, 0.05) is 11.0 Å². The van der Waals surface area contributed by atoms with Gasteiger partial charge in [0.05, 0.1) is 11.8 Å². The number of aromatic nitrogens is 4. The van der Waals surface area contributed by atoms with Gasteiger partial charge in [-0.05, 0) is 16.5 Å². The summed E-state index contributed by atoms with van der Waals surface area (Å²) in [5.74, 6) is 1.85. The van der Waals surface area contributed by atoms with E-state index < -0.39 is 5.97 Å². The third-order valence-corrected chi connectivity index (χ3v) is 5.81. The van der Waals surface area contributed by atoms with Crippen LogP contribution in [0.1, 0.15) is 6.42 Å². The number of carbonyl (C=O) groups is 2. The van der Waals surface area contributed by atoms with E-state index in [1.165, 1.54) is 21.3 Å². The van der Waals surface area contributed by atoms with Gasteiger partial charge in [0.2, 0.25) is 11.1 Å². The summed E-state index contributed by atoms with van der Waals surface area (Å²) in [6.45, 7) is 0.286. The van der Waals surface area contributed by atoms with Crippen molar-refractivity contribution in [2.24, 2.45) is 0 Å². The number of hydrogen-bond acceptors (Lipinski definition) is 7. The van der Waals surface area contributed by atoms with Crippen LogP contribution in [-0.4, -0.2) is 58.5 Å². The Balaban J connectivity index is 1.69. The molecule has 3 rings (SSSR count). The lowest BCUT2D eigenvalue weighted by molar-refractivity contribution is -0.146. The van der Waals surface area contributed by atoms with Crippen LogP contribution in [0, 0.1) is 12.3 Å². The van der Waals surface area contributed by atoms with E-state index in [2.05, 4.69) is 21.4 Å². The van der Waals surface area contributed by atoms with Crippen molar-refractivity contribution in [2.45, 2.75) is 28.7 Å². The van der Waals surface area contributed by atoms with Gasteiger partial charge >= 0.3 is 5.97 Å². The number of rotatable bonds is 5. The lowest BCUT2D eigenvalue weighted by Crippen LogP contribution is -2.54. The summed E-state index contributed by atoms with van der Waals surface area (Å²) in [6.07, 6.45) is 7.24. The molecule has 0 aromatic carbocycles. The first-order valence-electron chi connectivity index (χ1n) is 6.35. The van der Waals surface area contributed by atoms with E-state index in [0.29, 0.717) is 17.3 Å². The molecule has 1 aromatic rings. The molecule has 2 aliphatic rings. The number of amides is 1. The molecular weight excluding hydrogens is 326 g/mol. The maximum absolute atomic E-state index is 11.5. The molecule has 8 nitrogen and oxygen atoms in total. The number of tetrazole rings is 1. The average Bonchev–Trinajstić information content (AvgIpc) is 2.91. The van der Waals surface area contributed by atoms with Crippen LogP contribution in [0.15, 0.2) is 16.9 Å². The summed E-state index contributed by atoms with van der Waals surface area (Å²) < 4.78 is 1.51. The second-order valence-electron chi connectivity index (χ2n) is 4.59. The molecule has 1 aromatic heterocycles. The lowest BCUT2D eigenvalue weighted by Gasteiger charge is -2.44. The number of thioether (sulfide) groups is 2. The summed E-state index contributed by atoms with van der Waals surface area (Å²) >= 11 is 2.99. The number of carbonyl (C=O) groups excluding carboxylic acids is 1. The van der Waals surface area contributed by atoms with Crippen molar-refractivity contribution >= 4 is 35.4 Å². The fraction of sp³-hybridized carbons (Fsp3) is 0.417. The average molecular weight is 337 g/mol. The number of hydrogen-bond donors (Lipinski definition) is 1. The van der Waals surface area contributed by atoms with Crippen LogP contribution in [-0.2, 0) is 16.1 Å². The number of carboxylic acids is 1. The molecule has 1 fully saturated rings. The van der Waals surface area contributed by atoms with E-state index in [0.717, 1.165) is 0 Å². The quantitative estimate of drug-likeness (QED) is 0.457. The van der Waals surface area contributed by atoms with Crippen LogP contribution in [0.4, 0.5) is 0 Å². The maximum atomic E-state index is 11.5. The van der Waals surface area contributed by atoms with Crippen molar-refractivity contribution in [2.75, 3.05) is 5.75 Å². The summed E-state index contributed by atoms with van der Waals surface area (Å²) in [6, 6.07) is 0. The highest BCUT2D eigenvalue weighted by molar-refractivity contribution is 8.03. The normalized spacial score (nSPS) is 23.3. The third kappa shape index (κ3) is 2.69. The van der Waals surface area contributed by atoms with Gasteiger partial charge in [0.1, 0.15) is 12.2 Å². The molecule has 0 radical (unpaired) electrons. The minimum absolute atomic E-state index is 0.0264. The topological polar surface area (TPSA) is 101 Å². The van der Waals surface area contributed by atoms with Gasteiger partial charge in [-0.2, -0.15) is 0 Å². The number of nitrogens with zero attached hydrogens (tertiary/aromatic N) is 5. The fourth-order valence-corrected chi connectivity index (χ4v) is 4.66. The highest BCUT2D eigenvalue weighted by Gasteiger charge is 2.45. The Morgan fingerprint density at radius 3 is 3.14 bits per heavy atom. The standard InChI is InChI=1S/C12H11N5O3S2/c1-2-3-16-12(13-14-15-16)21-6-7-4-8(11(19)20)17-9(18)5-10(17)22-7/h1,4,7,10H,3,5-6H2,(H,19,20)/t7?,10-/m1/s1.